The van der Waals surface area contributed by atoms with Crippen LogP contribution in [-0.4, -0.2) is 35.1 Å². The summed E-state index contributed by atoms with van der Waals surface area (Å²) in [6, 6.07) is 11.9. The summed E-state index contributed by atoms with van der Waals surface area (Å²) in [7, 11) is 3.76. The van der Waals surface area contributed by atoms with Gasteiger partial charge in [0.15, 0.2) is 11.7 Å². The highest BCUT2D eigenvalue weighted by molar-refractivity contribution is 7.09. The molecule has 0 unspecified atom stereocenters. The molecule has 25 heavy (non-hydrogen) atoms. The van der Waals surface area contributed by atoms with Crippen molar-refractivity contribution in [2.24, 2.45) is 4.99 Å². The zero-order valence-electron chi connectivity index (χ0n) is 14.6. The van der Waals surface area contributed by atoms with Gasteiger partial charge in [0, 0.05) is 31.1 Å². The molecule has 2 heterocycles. The van der Waals surface area contributed by atoms with Gasteiger partial charge in [-0.25, -0.2) is 4.98 Å². The smallest absolute Gasteiger partial charge is 0.194 e. The molecule has 3 rings (SSSR count). The number of hydrogen-bond acceptors (Lipinski definition) is 5. The van der Waals surface area contributed by atoms with Gasteiger partial charge in [-0.3, -0.25) is 4.99 Å². The van der Waals surface area contributed by atoms with Gasteiger partial charge in [0.1, 0.15) is 5.69 Å². The standard InChI is InChI=1S/C18H21N5OS/c1-13-21-16(12-25-13)11-23(3)18(19-2)20-10-15-9-17(24-22-15)14-7-5-4-6-8-14/h4-9,12H,10-11H2,1-3H3,(H,19,20). The van der Waals surface area contributed by atoms with Crippen molar-refractivity contribution in [3.63, 3.8) is 0 Å². The van der Waals surface area contributed by atoms with E-state index in [2.05, 4.69) is 25.8 Å². The van der Waals surface area contributed by atoms with Gasteiger partial charge in [0.05, 0.1) is 23.8 Å². The van der Waals surface area contributed by atoms with Gasteiger partial charge < -0.3 is 14.7 Å². The molecule has 130 valence electrons. The number of aromatic nitrogens is 2. The Balaban J connectivity index is 1.59. The summed E-state index contributed by atoms with van der Waals surface area (Å²) in [6.07, 6.45) is 0. The third kappa shape index (κ3) is 4.45. The first-order valence-electron chi connectivity index (χ1n) is 7.99. The molecule has 6 nitrogen and oxygen atoms in total. The minimum Gasteiger partial charge on any atom is -0.356 e. The quantitative estimate of drug-likeness (QED) is 0.562. The molecular formula is C18H21N5OS. The van der Waals surface area contributed by atoms with E-state index < -0.39 is 0 Å². The van der Waals surface area contributed by atoms with Gasteiger partial charge in [0.2, 0.25) is 0 Å². The predicted molar refractivity (Wildman–Crippen MR) is 100 cm³/mol. The summed E-state index contributed by atoms with van der Waals surface area (Å²) in [5.41, 5.74) is 2.89. The highest BCUT2D eigenvalue weighted by Gasteiger charge is 2.11. The van der Waals surface area contributed by atoms with E-state index in [0.717, 1.165) is 33.7 Å². The molecule has 0 aliphatic carbocycles. The number of hydrogen-bond donors (Lipinski definition) is 1. The maximum absolute atomic E-state index is 5.42. The summed E-state index contributed by atoms with van der Waals surface area (Å²) in [4.78, 5) is 10.8. The largest absolute Gasteiger partial charge is 0.356 e. The summed E-state index contributed by atoms with van der Waals surface area (Å²) in [5, 5.41) is 10.6. The first kappa shape index (κ1) is 17.2. The Morgan fingerprint density at radius 3 is 2.76 bits per heavy atom. The lowest BCUT2D eigenvalue weighted by Gasteiger charge is -2.20. The fraction of sp³-hybridized carbons (Fsp3) is 0.278. The molecule has 1 N–H and O–H groups in total. The lowest BCUT2D eigenvalue weighted by molar-refractivity contribution is 0.420. The highest BCUT2D eigenvalue weighted by Crippen LogP contribution is 2.19. The minimum atomic E-state index is 0.545. The molecule has 0 aliphatic rings. The first-order valence-corrected chi connectivity index (χ1v) is 8.87. The molecule has 0 bridgehead atoms. The number of benzene rings is 1. The molecule has 0 saturated heterocycles. The Labute approximate surface area is 151 Å². The molecule has 0 atom stereocenters. The number of aliphatic imine (C=N–C) groups is 1. The second-order valence-corrected chi connectivity index (χ2v) is 6.73. The number of rotatable bonds is 5. The Morgan fingerprint density at radius 2 is 2.08 bits per heavy atom. The van der Waals surface area contributed by atoms with Crippen molar-refractivity contribution in [1.82, 2.24) is 20.4 Å². The van der Waals surface area contributed by atoms with Crippen LogP contribution in [0.3, 0.4) is 0 Å². The van der Waals surface area contributed by atoms with Crippen molar-refractivity contribution < 1.29 is 4.52 Å². The number of guanidine groups is 1. The molecular weight excluding hydrogens is 334 g/mol. The number of nitrogens with one attached hydrogen (secondary N) is 1. The van der Waals surface area contributed by atoms with E-state index in [1.54, 1.807) is 18.4 Å². The molecule has 0 amide bonds. The van der Waals surface area contributed by atoms with Gasteiger partial charge in [-0.05, 0) is 6.92 Å². The van der Waals surface area contributed by atoms with E-state index in [4.69, 9.17) is 4.52 Å². The Bertz CT molecular complexity index is 840. The molecule has 7 heteroatoms. The lowest BCUT2D eigenvalue weighted by Crippen LogP contribution is -2.38. The fourth-order valence-corrected chi connectivity index (χ4v) is 3.09. The molecule has 0 radical (unpaired) electrons. The predicted octanol–water partition coefficient (Wildman–Crippen LogP) is 3.31. The summed E-state index contributed by atoms with van der Waals surface area (Å²) in [6.45, 7) is 3.26. The summed E-state index contributed by atoms with van der Waals surface area (Å²) < 4.78 is 5.42. The van der Waals surface area contributed by atoms with Crippen molar-refractivity contribution in [3.05, 3.63) is 58.2 Å². The molecule has 0 aliphatic heterocycles. The summed E-state index contributed by atoms with van der Waals surface area (Å²) in [5.74, 6) is 1.55. The van der Waals surface area contributed by atoms with Crippen molar-refractivity contribution in [1.29, 1.82) is 0 Å². The van der Waals surface area contributed by atoms with E-state index in [1.807, 2.05) is 55.3 Å². The van der Waals surface area contributed by atoms with E-state index in [-0.39, 0.29) is 0 Å². The SMILES string of the molecule is CN=C(NCc1cc(-c2ccccc2)on1)N(C)Cc1csc(C)n1. The normalized spacial score (nSPS) is 11.6. The minimum absolute atomic E-state index is 0.545. The van der Waals surface area contributed by atoms with Crippen molar-refractivity contribution in [3.8, 4) is 11.3 Å². The maximum atomic E-state index is 5.42. The number of nitrogens with zero attached hydrogens (tertiary/aromatic N) is 4. The second kappa shape index (κ2) is 7.94. The van der Waals surface area contributed by atoms with Gasteiger partial charge in [-0.1, -0.05) is 35.5 Å². The van der Waals surface area contributed by atoms with Crippen LogP contribution in [0.4, 0.5) is 0 Å². The van der Waals surface area contributed by atoms with Crippen LogP contribution in [0.2, 0.25) is 0 Å². The summed E-state index contributed by atoms with van der Waals surface area (Å²) >= 11 is 1.66. The molecule has 2 aromatic heterocycles. The van der Waals surface area contributed by atoms with Crippen LogP contribution in [0.25, 0.3) is 11.3 Å². The zero-order chi connectivity index (χ0) is 17.6. The van der Waals surface area contributed by atoms with E-state index in [0.29, 0.717) is 13.1 Å². The first-order chi connectivity index (χ1) is 12.2. The fourth-order valence-electron chi connectivity index (χ4n) is 2.49. The molecule has 1 aromatic carbocycles. The Morgan fingerprint density at radius 1 is 1.28 bits per heavy atom. The van der Waals surface area contributed by atoms with E-state index in [9.17, 15) is 0 Å². The average molecular weight is 355 g/mol. The monoisotopic (exact) mass is 355 g/mol. The van der Waals surface area contributed by atoms with Gasteiger partial charge in [-0.2, -0.15) is 0 Å². The van der Waals surface area contributed by atoms with Gasteiger partial charge in [-0.15, -0.1) is 11.3 Å². The van der Waals surface area contributed by atoms with Crippen LogP contribution >= 0.6 is 11.3 Å². The van der Waals surface area contributed by atoms with Crippen LogP contribution in [0.5, 0.6) is 0 Å². The van der Waals surface area contributed by atoms with Crippen LogP contribution < -0.4 is 5.32 Å². The molecule has 0 saturated carbocycles. The van der Waals surface area contributed by atoms with Crippen LogP contribution in [0.1, 0.15) is 16.4 Å². The highest BCUT2D eigenvalue weighted by atomic mass is 32.1. The lowest BCUT2D eigenvalue weighted by atomic mass is 10.2. The van der Waals surface area contributed by atoms with E-state index in [1.165, 1.54) is 0 Å². The molecule has 3 aromatic rings. The van der Waals surface area contributed by atoms with Gasteiger partial charge in [0.25, 0.3) is 0 Å². The third-order valence-corrected chi connectivity index (χ3v) is 4.51. The number of aryl methyl sites for hydroxylation is 1. The van der Waals surface area contributed by atoms with Crippen molar-refractivity contribution >= 4 is 17.3 Å². The second-order valence-electron chi connectivity index (χ2n) is 5.66. The Kier molecular flexibility index (Phi) is 5.45. The topological polar surface area (TPSA) is 66.6 Å². The Hall–Kier alpha value is -2.67. The van der Waals surface area contributed by atoms with E-state index >= 15 is 0 Å². The molecule has 0 spiro atoms. The maximum Gasteiger partial charge on any atom is 0.194 e. The van der Waals surface area contributed by atoms with Crippen LogP contribution in [0, 0.1) is 6.92 Å². The van der Waals surface area contributed by atoms with Crippen molar-refractivity contribution in [2.75, 3.05) is 14.1 Å². The zero-order valence-corrected chi connectivity index (χ0v) is 15.4. The van der Waals surface area contributed by atoms with Crippen LogP contribution in [-0.2, 0) is 13.1 Å². The van der Waals surface area contributed by atoms with Crippen LogP contribution in [0.15, 0.2) is 51.3 Å². The average Bonchev–Trinajstić information content (AvgIpc) is 3.25. The number of thiazole rings is 1. The van der Waals surface area contributed by atoms with Gasteiger partial charge >= 0.3 is 0 Å². The third-order valence-electron chi connectivity index (χ3n) is 3.68. The molecule has 0 fully saturated rings. The van der Waals surface area contributed by atoms with Crippen molar-refractivity contribution in [2.45, 2.75) is 20.0 Å².